The van der Waals surface area contributed by atoms with Crippen LogP contribution in [0.2, 0.25) is 0 Å². The summed E-state index contributed by atoms with van der Waals surface area (Å²) >= 11 is 0. The summed E-state index contributed by atoms with van der Waals surface area (Å²) in [5, 5.41) is 21.3. The zero-order valence-corrected chi connectivity index (χ0v) is 9.49. The normalized spacial score (nSPS) is 13.9. The van der Waals surface area contributed by atoms with Crippen LogP contribution in [0.25, 0.3) is 0 Å². The minimum Gasteiger partial charge on any atom is -0.397 e. The van der Waals surface area contributed by atoms with Crippen molar-refractivity contribution in [2.45, 2.75) is 25.8 Å². The van der Waals surface area contributed by atoms with Crippen LogP contribution in [0.5, 0.6) is 0 Å². The fraction of sp³-hybridized carbons (Fsp3) is 0.455. The average molecular weight is 220 g/mol. The van der Waals surface area contributed by atoms with Gasteiger partial charge in [0.1, 0.15) is 11.9 Å². The van der Waals surface area contributed by atoms with E-state index in [-0.39, 0.29) is 6.61 Å². The number of nitrogens with one attached hydrogen (secondary N) is 1. The lowest BCUT2D eigenvalue weighted by atomic mass is 10.00. The van der Waals surface area contributed by atoms with Crippen LogP contribution in [0.15, 0.2) is 12.3 Å². The van der Waals surface area contributed by atoms with Gasteiger partial charge in [0.2, 0.25) is 0 Å². The third-order valence-corrected chi connectivity index (χ3v) is 2.58. The first-order valence-electron chi connectivity index (χ1n) is 5.09. The number of nitrogens with two attached hydrogens (primary N) is 1. The van der Waals surface area contributed by atoms with Crippen molar-refractivity contribution < 1.29 is 5.11 Å². The van der Waals surface area contributed by atoms with Crippen LogP contribution in [-0.2, 0) is 0 Å². The number of nitrogen functional groups attached to an aromatic ring is 1. The summed E-state index contributed by atoms with van der Waals surface area (Å²) in [6, 6.07) is 3.58. The van der Waals surface area contributed by atoms with Crippen LogP contribution in [0.3, 0.4) is 0 Å². The quantitative estimate of drug-likeness (QED) is 0.706. The van der Waals surface area contributed by atoms with Crippen molar-refractivity contribution in [3.63, 3.8) is 0 Å². The molecule has 0 fully saturated rings. The molecule has 0 aromatic carbocycles. The maximum Gasteiger partial charge on any atom is 0.144 e. The van der Waals surface area contributed by atoms with Crippen LogP contribution in [-0.4, -0.2) is 22.2 Å². The summed E-state index contributed by atoms with van der Waals surface area (Å²) in [4.78, 5) is 4.06. The lowest BCUT2D eigenvalue weighted by molar-refractivity contribution is 0.218. The Labute approximate surface area is 94.9 Å². The molecule has 1 unspecified atom stereocenters. The number of hydrogen-bond donors (Lipinski definition) is 3. The second-order valence-electron chi connectivity index (χ2n) is 3.97. The number of pyridine rings is 1. The molecule has 0 aliphatic heterocycles. The number of hydrogen-bond acceptors (Lipinski definition) is 5. The van der Waals surface area contributed by atoms with Crippen LogP contribution in [0, 0.1) is 11.3 Å². The molecule has 5 heteroatoms. The lowest BCUT2D eigenvalue weighted by Crippen LogP contribution is -2.38. The van der Waals surface area contributed by atoms with Gasteiger partial charge in [-0.15, -0.1) is 0 Å². The Morgan fingerprint density at radius 1 is 1.69 bits per heavy atom. The minimum atomic E-state index is -0.477. The van der Waals surface area contributed by atoms with E-state index >= 15 is 0 Å². The van der Waals surface area contributed by atoms with Gasteiger partial charge in [-0.25, -0.2) is 4.98 Å². The van der Waals surface area contributed by atoms with E-state index in [4.69, 9.17) is 11.0 Å². The Morgan fingerprint density at radius 2 is 2.38 bits per heavy atom. The molecule has 0 saturated carbocycles. The van der Waals surface area contributed by atoms with Crippen molar-refractivity contribution in [2.24, 2.45) is 0 Å². The van der Waals surface area contributed by atoms with E-state index in [9.17, 15) is 5.11 Å². The van der Waals surface area contributed by atoms with E-state index in [1.165, 1.54) is 6.20 Å². The van der Waals surface area contributed by atoms with Crippen molar-refractivity contribution in [1.29, 1.82) is 5.26 Å². The molecule has 86 valence electrons. The third-order valence-electron chi connectivity index (χ3n) is 2.58. The zero-order valence-electron chi connectivity index (χ0n) is 9.49. The first-order valence-corrected chi connectivity index (χ1v) is 5.09. The highest BCUT2D eigenvalue weighted by atomic mass is 16.3. The number of aromatic nitrogens is 1. The smallest absolute Gasteiger partial charge is 0.144 e. The number of nitrogens with zero attached hydrogens (tertiary/aromatic N) is 2. The third kappa shape index (κ3) is 2.61. The predicted octanol–water partition coefficient (Wildman–Crippen LogP) is 1.11. The molecule has 1 rings (SSSR count). The predicted molar refractivity (Wildman–Crippen MR) is 62.8 cm³/mol. The van der Waals surface area contributed by atoms with Crippen molar-refractivity contribution in [3.05, 3.63) is 17.8 Å². The number of aliphatic hydroxyl groups is 1. The molecule has 0 aliphatic rings. The van der Waals surface area contributed by atoms with E-state index in [1.807, 2.05) is 19.9 Å². The van der Waals surface area contributed by atoms with Gasteiger partial charge in [-0.05, 0) is 19.4 Å². The van der Waals surface area contributed by atoms with Gasteiger partial charge in [0, 0.05) is 0 Å². The van der Waals surface area contributed by atoms with Crippen molar-refractivity contribution in [1.82, 2.24) is 4.98 Å². The molecule has 1 aromatic rings. The first-order chi connectivity index (χ1) is 7.54. The van der Waals surface area contributed by atoms with Gasteiger partial charge in [0.15, 0.2) is 0 Å². The Morgan fingerprint density at radius 3 is 2.88 bits per heavy atom. The van der Waals surface area contributed by atoms with Crippen molar-refractivity contribution in [3.8, 4) is 6.07 Å². The SMILES string of the molecule is CCC(C)(CO)Nc1ncc(N)cc1C#N. The topological polar surface area (TPSA) is 95.0 Å². The molecule has 1 atom stereocenters. The maximum atomic E-state index is 9.27. The zero-order chi connectivity index (χ0) is 12.2. The van der Waals surface area contributed by atoms with Crippen LogP contribution >= 0.6 is 0 Å². The van der Waals surface area contributed by atoms with Crippen molar-refractivity contribution >= 4 is 11.5 Å². The summed E-state index contributed by atoms with van der Waals surface area (Å²) in [5.41, 5.74) is 5.89. The molecule has 5 nitrogen and oxygen atoms in total. The molecule has 0 bridgehead atoms. The summed E-state index contributed by atoms with van der Waals surface area (Å²) in [5.74, 6) is 0.454. The largest absolute Gasteiger partial charge is 0.397 e. The second-order valence-corrected chi connectivity index (χ2v) is 3.97. The highest BCUT2D eigenvalue weighted by Gasteiger charge is 2.22. The van der Waals surface area contributed by atoms with Gasteiger partial charge in [-0.1, -0.05) is 6.92 Å². The average Bonchev–Trinajstić information content (AvgIpc) is 2.31. The first kappa shape index (κ1) is 12.3. The Balaban J connectivity index is 3.02. The summed E-state index contributed by atoms with van der Waals surface area (Å²) in [7, 11) is 0. The van der Waals surface area contributed by atoms with Crippen LogP contribution in [0.1, 0.15) is 25.8 Å². The van der Waals surface area contributed by atoms with E-state index in [1.54, 1.807) is 6.07 Å². The summed E-state index contributed by atoms with van der Waals surface area (Å²) < 4.78 is 0. The number of nitriles is 1. The fourth-order valence-corrected chi connectivity index (χ4v) is 1.19. The van der Waals surface area contributed by atoms with Gasteiger partial charge in [0.25, 0.3) is 0 Å². The highest BCUT2D eigenvalue weighted by Crippen LogP contribution is 2.20. The van der Waals surface area contributed by atoms with Gasteiger partial charge < -0.3 is 16.2 Å². The van der Waals surface area contributed by atoms with E-state index in [0.717, 1.165) is 6.42 Å². The Bertz CT molecular complexity index is 407. The number of aliphatic hydroxyl groups excluding tert-OH is 1. The van der Waals surface area contributed by atoms with Crippen LogP contribution in [0.4, 0.5) is 11.5 Å². The molecule has 16 heavy (non-hydrogen) atoms. The molecule has 1 aromatic heterocycles. The van der Waals surface area contributed by atoms with Gasteiger partial charge >= 0.3 is 0 Å². The van der Waals surface area contributed by atoms with E-state index in [2.05, 4.69) is 10.3 Å². The molecular weight excluding hydrogens is 204 g/mol. The monoisotopic (exact) mass is 220 g/mol. The number of rotatable bonds is 4. The molecule has 0 radical (unpaired) electrons. The molecule has 0 spiro atoms. The van der Waals surface area contributed by atoms with Gasteiger partial charge in [-0.2, -0.15) is 5.26 Å². The Hall–Kier alpha value is -1.80. The van der Waals surface area contributed by atoms with E-state index < -0.39 is 5.54 Å². The Kier molecular flexibility index (Phi) is 3.69. The molecule has 0 amide bonds. The molecule has 4 N–H and O–H groups in total. The maximum absolute atomic E-state index is 9.27. The lowest BCUT2D eigenvalue weighted by Gasteiger charge is -2.28. The fourth-order valence-electron chi connectivity index (χ4n) is 1.19. The molecule has 0 aliphatic carbocycles. The number of anilines is 2. The van der Waals surface area contributed by atoms with Gasteiger partial charge in [0.05, 0.1) is 29.6 Å². The van der Waals surface area contributed by atoms with Crippen molar-refractivity contribution in [2.75, 3.05) is 17.7 Å². The summed E-state index contributed by atoms with van der Waals surface area (Å²) in [6.07, 6.45) is 2.21. The molecule has 0 saturated heterocycles. The van der Waals surface area contributed by atoms with Gasteiger partial charge in [-0.3, -0.25) is 0 Å². The molecular formula is C11H16N4O. The minimum absolute atomic E-state index is 0.0274. The van der Waals surface area contributed by atoms with Crippen LogP contribution < -0.4 is 11.1 Å². The molecule has 1 heterocycles. The van der Waals surface area contributed by atoms with E-state index in [0.29, 0.717) is 17.1 Å². The standard InChI is InChI=1S/C11H16N4O/c1-3-11(2,7-16)15-10-8(5-12)4-9(13)6-14-10/h4,6,16H,3,7,13H2,1-2H3,(H,14,15). The highest BCUT2D eigenvalue weighted by molar-refractivity contribution is 5.58. The summed E-state index contributed by atoms with van der Waals surface area (Å²) in [6.45, 7) is 3.79. The second kappa shape index (κ2) is 4.81.